The van der Waals surface area contributed by atoms with E-state index in [-0.39, 0.29) is 11.9 Å². The molecule has 0 saturated carbocycles. The van der Waals surface area contributed by atoms with Gasteiger partial charge in [-0.1, -0.05) is 6.92 Å². The van der Waals surface area contributed by atoms with Gasteiger partial charge in [0.2, 0.25) is 5.91 Å². The number of hydrogen-bond donors (Lipinski definition) is 2. The second-order valence-corrected chi connectivity index (χ2v) is 4.17. The fraction of sp³-hybridized carbons (Fsp3) is 0.583. The van der Waals surface area contributed by atoms with Crippen molar-refractivity contribution < 1.29 is 4.79 Å². The first-order valence-electron chi connectivity index (χ1n) is 5.68. The summed E-state index contributed by atoms with van der Waals surface area (Å²) in [5, 5.41) is 2.88. The molecule has 1 unspecified atom stereocenters. The molecule has 0 aromatic carbocycles. The van der Waals surface area contributed by atoms with Crippen molar-refractivity contribution in [2.75, 3.05) is 0 Å². The first-order valence-corrected chi connectivity index (χ1v) is 5.68. The average molecular weight is 223 g/mol. The van der Waals surface area contributed by atoms with E-state index in [1.54, 1.807) is 0 Å². The number of amides is 1. The van der Waals surface area contributed by atoms with Gasteiger partial charge in [0.25, 0.3) is 0 Å². The maximum atomic E-state index is 11.5. The van der Waals surface area contributed by atoms with E-state index in [0.29, 0.717) is 13.0 Å². The van der Waals surface area contributed by atoms with E-state index >= 15 is 0 Å². The van der Waals surface area contributed by atoms with Crippen molar-refractivity contribution in [2.24, 2.45) is 12.8 Å². The lowest BCUT2D eigenvalue weighted by Crippen LogP contribution is -2.31. The van der Waals surface area contributed by atoms with Crippen LogP contribution in [0.4, 0.5) is 0 Å². The van der Waals surface area contributed by atoms with Gasteiger partial charge < -0.3 is 15.6 Å². The van der Waals surface area contributed by atoms with Crippen molar-refractivity contribution in [1.82, 2.24) is 9.88 Å². The Morgan fingerprint density at radius 1 is 1.56 bits per heavy atom. The molecule has 3 N–H and O–H groups in total. The summed E-state index contributed by atoms with van der Waals surface area (Å²) in [6.45, 7) is 4.59. The largest absolute Gasteiger partial charge is 0.350 e. The molecule has 1 aromatic heterocycles. The van der Waals surface area contributed by atoms with Gasteiger partial charge in [-0.2, -0.15) is 0 Å². The van der Waals surface area contributed by atoms with Crippen molar-refractivity contribution in [2.45, 2.75) is 39.3 Å². The van der Waals surface area contributed by atoms with Gasteiger partial charge in [0, 0.05) is 30.9 Å². The molecule has 16 heavy (non-hydrogen) atoms. The van der Waals surface area contributed by atoms with Crippen LogP contribution in [0.1, 0.15) is 31.2 Å². The standard InChI is InChI=1S/C12H21N3O/c1-4-10(13)7-12(16)14-8-11-6-5-9(2)15(11)3/h5-6,10H,4,7-8,13H2,1-3H3,(H,14,16). The van der Waals surface area contributed by atoms with Crippen LogP contribution < -0.4 is 11.1 Å². The molecule has 1 amide bonds. The lowest BCUT2D eigenvalue weighted by atomic mass is 10.1. The van der Waals surface area contributed by atoms with Gasteiger partial charge in [-0.05, 0) is 25.5 Å². The molecule has 0 bridgehead atoms. The number of nitrogens with zero attached hydrogens (tertiary/aromatic N) is 1. The molecule has 0 aliphatic carbocycles. The number of carbonyl (C=O) groups is 1. The van der Waals surface area contributed by atoms with Gasteiger partial charge in [0.1, 0.15) is 0 Å². The van der Waals surface area contributed by atoms with Crippen LogP contribution in [-0.2, 0) is 18.4 Å². The predicted molar refractivity (Wildman–Crippen MR) is 64.9 cm³/mol. The van der Waals surface area contributed by atoms with E-state index in [9.17, 15) is 4.79 Å². The molecular weight excluding hydrogens is 202 g/mol. The summed E-state index contributed by atoms with van der Waals surface area (Å²) in [7, 11) is 1.99. The van der Waals surface area contributed by atoms with Crippen LogP contribution in [0.5, 0.6) is 0 Å². The molecule has 0 spiro atoms. The Morgan fingerprint density at radius 2 is 2.25 bits per heavy atom. The second-order valence-electron chi connectivity index (χ2n) is 4.17. The summed E-state index contributed by atoms with van der Waals surface area (Å²) in [4.78, 5) is 11.5. The van der Waals surface area contributed by atoms with E-state index in [1.165, 1.54) is 5.69 Å². The normalized spacial score (nSPS) is 12.5. The topological polar surface area (TPSA) is 60.1 Å². The minimum Gasteiger partial charge on any atom is -0.350 e. The predicted octanol–water partition coefficient (Wildman–Crippen LogP) is 1.08. The Hall–Kier alpha value is -1.29. The first kappa shape index (κ1) is 12.8. The van der Waals surface area contributed by atoms with Crippen molar-refractivity contribution in [1.29, 1.82) is 0 Å². The zero-order valence-corrected chi connectivity index (χ0v) is 10.3. The maximum absolute atomic E-state index is 11.5. The number of rotatable bonds is 5. The van der Waals surface area contributed by atoms with Gasteiger partial charge in [0.15, 0.2) is 0 Å². The van der Waals surface area contributed by atoms with Crippen molar-refractivity contribution in [3.8, 4) is 0 Å². The highest BCUT2D eigenvalue weighted by atomic mass is 16.1. The smallest absolute Gasteiger partial charge is 0.221 e. The number of carbonyl (C=O) groups excluding carboxylic acids is 1. The molecule has 90 valence electrons. The summed E-state index contributed by atoms with van der Waals surface area (Å²) in [6.07, 6.45) is 1.23. The molecule has 0 aliphatic rings. The maximum Gasteiger partial charge on any atom is 0.221 e. The quantitative estimate of drug-likeness (QED) is 0.784. The minimum atomic E-state index is -0.0323. The molecule has 0 saturated heterocycles. The Balaban J connectivity index is 2.40. The number of hydrogen-bond acceptors (Lipinski definition) is 2. The number of nitrogens with two attached hydrogens (primary N) is 1. The molecule has 0 aliphatic heterocycles. The van der Waals surface area contributed by atoms with E-state index in [2.05, 4.69) is 9.88 Å². The van der Waals surface area contributed by atoms with Crippen LogP contribution in [0.25, 0.3) is 0 Å². The summed E-state index contributed by atoms with van der Waals surface area (Å²) in [5.74, 6) is 0.0215. The monoisotopic (exact) mass is 223 g/mol. The molecule has 1 aromatic rings. The van der Waals surface area contributed by atoms with Crippen LogP contribution in [0.15, 0.2) is 12.1 Å². The first-order chi connectivity index (χ1) is 7.54. The van der Waals surface area contributed by atoms with Crippen LogP contribution in [0.3, 0.4) is 0 Å². The lowest BCUT2D eigenvalue weighted by molar-refractivity contribution is -0.121. The fourth-order valence-corrected chi connectivity index (χ4v) is 1.49. The van der Waals surface area contributed by atoms with E-state index < -0.39 is 0 Å². The molecule has 0 fully saturated rings. The third-order valence-corrected chi connectivity index (χ3v) is 2.92. The van der Waals surface area contributed by atoms with Gasteiger partial charge in [-0.15, -0.1) is 0 Å². The van der Waals surface area contributed by atoms with Crippen LogP contribution in [0.2, 0.25) is 0 Å². The van der Waals surface area contributed by atoms with E-state index in [1.807, 2.05) is 33.0 Å². The zero-order valence-electron chi connectivity index (χ0n) is 10.3. The molecular formula is C12H21N3O. The number of nitrogens with one attached hydrogen (secondary N) is 1. The highest BCUT2D eigenvalue weighted by Crippen LogP contribution is 2.05. The molecule has 1 heterocycles. The SMILES string of the molecule is CCC(N)CC(=O)NCc1ccc(C)n1C. The molecule has 4 heteroatoms. The Bertz CT molecular complexity index is 357. The lowest BCUT2D eigenvalue weighted by Gasteiger charge is -2.10. The van der Waals surface area contributed by atoms with Gasteiger partial charge >= 0.3 is 0 Å². The molecule has 4 nitrogen and oxygen atoms in total. The van der Waals surface area contributed by atoms with Gasteiger partial charge in [-0.3, -0.25) is 4.79 Å². The summed E-state index contributed by atoms with van der Waals surface area (Å²) < 4.78 is 2.07. The Morgan fingerprint density at radius 3 is 2.75 bits per heavy atom. The molecule has 0 radical (unpaired) electrons. The van der Waals surface area contributed by atoms with Crippen LogP contribution in [0, 0.1) is 6.92 Å². The Kier molecular flexibility index (Phi) is 4.55. The third kappa shape index (κ3) is 3.38. The Labute approximate surface area is 96.8 Å². The van der Waals surface area contributed by atoms with Gasteiger partial charge in [-0.25, -0.2) is 0 Å². The zero-order chi connectivity index (χ0) is 12.1. The van der Waals surface area contributed by atoms with Crippen molar-refractivity contribution in [3.63, 3.8) is 0 Å². The minimum absolute atomic E-state index is 0.0215. The number of aromatic nitrogens is 1. The van der Waals surface area contributed by atoms with Crippen LogP contribution >= 0.6 is 0 Å². The summed E-state index contributed by atoms with van der Waals surface area (Å²) in [6, 6.07) is 4.03. The molecule has 1 rings (SSSR count). The summed E-state index contributed by atoms with van der Waals surface area (Å²) >= 11 is 0. The van der Waals surface area contributed by atoms with Gasteiger partial charge in [0.05, 0.1) is 6.54 Å². The van der Waals surface area contributed by atoms with E-state index in [0.717, 1.165) is 12.1 Å². The highest BCUT2D eigenvalue weighted by Gasteiger charge is 2.08. The average Bonchev–Trinajstić information content (AvgIpc) is 2.57. The van der Waals surface area contributed by atoms with Crippen molar-refractivity contribution >= 4 is 5.91 Å². The summed E-state index contributed by atoms with van der Waals surface area (Å²) in [5.41, 5.74) is 8.01. The van der Waals surface area contributed by atoms with E-state index in [4.69, 9.17) is 5.73 Å². The second kappa shape index (κ2) is 5.70. The third-order valence-electron chi connectivity index (χ3n) is 2.92. The highest BCUT2D eigenvalue weighted by molar-refractivity contribution is 5.76. The molecule has 1 atom stereocenters. The van der Waals surface area contributed by atoms with Crippen molar-refractivity contribution in [3.05, 3.63) is 23.5 Å². The fourth-order valence-electron chi connectivity index (χ4n) is 1.49. The number of aryl methyl sites for hydroxylation is 1. The van der Waals surface area contributed by atoms with Crippen LogP contribution in [-0.4, -0.2) is 16.5 Å².